The lowest BCUT2D eigenvalue weighted by atomic mass is 9.97. The maximum Gasteiger partial charge on any atom is 0.319 e. The third-order valence-electron chi connectivity index (χ3n) is 6.13. The molecule has 30 heavy (non-hydrogen) atoms. The Hall–Kier alpha value is -2.90. The van der Waals surface area contributed by atoms with Gasteiger partial charge in [0.25, 0.3) is 0 Å². The number of nitrogens with zero attached hydrogens (tertiary/aromatic N) is 4. The first-order chi connectivity index (χ1) is 14.6. The molecule has 8 nitrogen and oxygen atoms in total. The number of anilines is 1. The van der Waals surface area contributed by atoms with Crippen molar-refractivity contribution in [2.75, 3.05) is 38.5 Å². The summed E-state index contributed by atoms with van der Waals surface area (Å²) in [7, 11) is 1.84. The fraction of sp³-hybridized carbons (Fsp3) is 0.545. The minimum Gasteiger partial charge on any atom is -0.388 e. The van der Waals surface area contributed by atoms with Gasteiger partial charge in [0.15, 0.2) is 0 Å². The van der Waals surface area contributed by atoms with Crippen LogP contribution < -0.4 is 5.32 Å². The Morgan fingerprint density at radius 3 is 2.50 bits per heavy atom. The molecule has 0 aliphatic carbocycles. The number of urea groups is 1. The molecule has 0 saturated carbocycles. The quantitative estimate of drug-likeness (QED) is 0.744. The zero-order chi connectivity index (χ0) is 21.1. The highest BCUT2D eigenvalue weighted by Gasteiger charge is 2.30. The second-order valence-corrected chi connectivity index (χ2v) is 8.18. The standard InChI is InChI=1S/C22H30N6O2/c1-15(23)18-14-17(6-7-19(18)24-2)20-25-21(30-26-20)16-8-12-28(13-9-16)22(29)27-10-4-3-5-11-27/h6-7,14,16,23-24H,3-5,8-13H2,1-2H3. The van der Waals surface area contributed by atoms with Gasteiger partial charge in [-0.1, -0.05) is 5.16 Å². The maximum atomic E-state index is 12.7. The minimum atomic E-state index is 0.178. The zero-order valence-electron chi connectivity index (χ0n) is 17.8. The van der Waals surface area contributed by atoms with Crippen LogP contribution in [-0.2, 0) is 0 Å². The fourth-order valence-electron chi connectivity index (χ4n) is 4.33. The molecule has 1 aromatic heterocycles. The number of benzene rings is 1. The Kier molecular flexibility index (Phi) is 6.01. The molecule has 2 amide bonds. The number of nitrogens with one attached hydrogen (secondary N) is 2. The topological polar surface area (TPSA) is 98.3 Å². The average molecular weight is 411 g/mol. The van der Waals surface area contributed by atoms with Crippen LogP contribution in [-0.4, -0.2) is 64.9 Å². The highest BCUT2D eigenvalue weighted by molar-refractivity contribution is 6.02. The van der Waals surface area contributed by atoms with Gasteiger partial charge in [0.2, 0.25) is 11.7 Å². The Bertz CT molecular complexity index is 910. The summed E-state index contributed by atoms with van der Waals surface area (Å²) in [5.41, 5.74) is 3.05. The van der Waals surface area contributed by atoms with E-state index in [0.717, 1.165) is 68.7 Å². The minimum absolute atomic E-state index is 0.178. The van der Waals surface area contributed by atoms with Crippen molar-refractivity contribution < 1.29 is 9.32 Å². The van der Waals surface area contributed by atoms with E-state index < -0.39 is 0 Å². The van der Waals surface area contributed by atoms with Gasteiger partial charge < -0.3 is 25.0 Å². The molecule has 2 fully saturated rings. The first-order valence-electron chi connectivity index (χ1n) is 10.8. The number of carbonyl (C=O) groups excluding carboxylic acids is 1. The number of piperidine rings is 2. The summed E-state index contributed by atoms with van der Waals surface area (Å²) < 4.78 is 5.58. The van der Waals surface area contributed by atoms with E-state index in [1.54, 1.807) is 6.92 Å². The number of carbonyl (C=O) groups is 1. The molecule has 4 rings (SSSR count). The molecule has 0 radical (unpaired) electrons. The van der Waals surface area contributed by atoms with E-state index in [4.69, 9.17) is 9.93 Å². The predicted octanol–water partition coefficient (Wildman–Crippen LogP) is 3.95. The van der Waals surface area contributed by atoms with Crippen molar-refractivity contribution in [3.63, 3.8) is 0 Å². The van der Waals surface area contributed by atoms with Gasteiger partial charge in [-0.3, -0.25) is 0 Å². The molecule has 1 aromatic carbocycles. The van der Waals surface area contributed by atoms with Crippen molar-refractivity contribution >= 4 is 17.4 Å². The molecular formula is C22H30N6O2. The lowest BCUT2D eigenvalue weighted by molar-refractivity contribution is 0.128. The number of amides is 2. The van der Waals surface area contributed by atoms with Gasteiger partial charge in [-0.15, -0.1) is 0 Å². The maximum absolute atomic E-state index is 12.7. The summed E-state index contributed by atoms with van der Waals surface area (Å²) in [6, 6.07) is 5.97. The van der Waals surface area contributed by atoms with E-state index >= 15 is 0 Å². The van der Waals surface area contributed by atoms with Crippen LogP contribution in [0.4, 0.5) is 10.5 Å². The summed E-state index contributed by atoms with van der Waals surface area (Å²) in [6.45, 7) is 4.99. The molecule has 0 unspecified atom stereocenters. The monoisotopic (exact) mass is 410 g/mol. The van der Waals surface area contributed by atoms with Gasteiger partial charge in [-0.25, -0.2) is 4.79 Å². The van der Waals surface area contributed by atoms with E-state index in [0.29, 0.717) is 17.4 Å². The molecule has 2 aromatic rings. The molecule has 2 aliphatic heterocycles. The molecule has 2 saturated heterocycles. The molecule has 3 heterocycles. The Morgan fingerprint density at radius 1 is 1.13 bits per heavy atom. The van der Waals surface area contributed by atoms with Crippen LogP contribution in [0, 0.1) is 5.41 Å². The molecule has 8 heteroatoms. The van der Waals surface area contributed by atoms with Crippen LogP contribution in [0.3, 0.4) is 0 Å². The molecule has 0 atom stereocenters. The van der Waals surface area contributed by atoms with Gasteiger partial charge in [0, 0.05) is 61.7 Å². The SMILES string of the molecule is CNc1ccc(-c2noc(C3CCN(C(=O)N4CCCCC4)CC3)n2)cc1C(C)=N. The number of hydrogen-bond acceptors (Lipinski definition) is 6. The van der Waals surface area contributed by atoms with Crippen molar-refractivity contribution in [1.82, 2.24) is 19.9 Å². The normalized spacial score (nSPS) is 17.8. The van der Waals surface area contributed by atoms with Crippen molar-refractivity contribution in [3.05, 3.63) is 29.7 Å². The average Bonchev–Trinajstić information content (AvgIpc) is 3.29. The van der Waals surface area contributed by atoms with Gasteiger partial charge in [0.1, 0.15) is 0 Å². The van der Waals surface area contributed by atoms with Crippen LogP contribution in [0.2, 0.25) is 0 Å². The van der Waals surface area contributed by atoms with E-state index in [1.165, 1.54) is 6.42 Å². The molecule has 0 spiro atoms. The third kappa shape index (κ3) is 4.17. The van der Waals surface area contributed by atoms with E-state index in [1.807, 2.05) is 35.0 Å². The van der Waals surface area contributed by atoms with Crippen LogP contribution >= 0.6 is 0 Å². The van der Waals surface area contributed by atoms with Gasteiger partial charge in [0.05, 0.1) is 0 Å². The summed E-state index contributed by atoms with van der Waals surface area (Å²) in [5, 5.41) is 15.3. The van der Waals surface area contributed by atoms with Crippen LogP contribution in [0.25, 0.3) is 11.4 Å². The third-order valence-corrected chi connectivity index (χ3v) is 6.13. The molecule has 2 N–H and O–H groups in total. The first-order valence-corrected chi connectivity index (χ1v) is 10.8. The van der Waals surface area contributed by atoms with Crippen LogP contribution in [0.1, 0.15) is 56.4 Å². The molecular weight excluding hydrogens is 380 g/mol. The summed E-state index contributed by atoms with van der Waals surface area (Å²) in [6.07, 6.45) is 5.13. The number of likely N-dealkylation sites (tertiary alicyclic amines) is 2. The second-order valence-electron chi connectivity index (χ2n) is 8.18. The van der Waals surface area contributed by atoms with Crippen molar-refractivity contribution in [2.24, 2.45) is 0 Å². The van der Waals surface area contributed by atoms with Gasteiger partial charge in [-0.05, 0) is 57.2 Å². The molecule has 2 aliphatic rings. The van der Waals surface area contributed by atoms with Gasteiger partial charge >= 0.3 is 6.03 Å². The molecule has 0 bridgehead atoms. The Labute approximate surface area is 177 Å². The number of rotatable bonds is 4. The van der Waals surface area contributed by atoms with Crippen LogP contribution in [0.5, 0.6) is 0 Å². The highest BCUT2D eigenvalue weighted by atomic mass is 16.5. The fourth-order valence-corrected chi connectivity index (χ4v) is 4.33. The molecule has 160 valence electrons. The van der Waals surface area contributed by atoms with Crippen molar-refractivity contribution in [2.45, 2.75) is 44.9 Å². The van der Waals surface area contributed by atoms with Crippen molar-refractivity contribution in [1.29, 1.82) is 5.41 Å². The van der Waals surface area contributed by atoms with Crippen molar-refractivity contribution in [3.8, 4) is 11.4 Å². The van der Waals surface area contributed by atoms with Crippen LogP contribution in [0.15, 0.2) is 22.7 Å². The number of hydrogen-bond donors (Lipinski definition) is 2. The lowest BCUT2D eigenvalue weighted by Crippen LogP contribution is -2.48. The zero-order valence-corrected chi connectivity index (χ0v) is 17.8. The Morgan fingerprint density at radius 2 is 1.83 bits per heavy atom. The summed E-state index contributed by atoms with van der Waals surface area (Å²) in [4.78, 5) is 21.3. The summed E-state index contributed by atoms with van der Waals surface area (Å²) in [5.74, 6) is 1.36. The number of aromatic nitrogens is 2. The Balaban J connectivity index is 1.41. The lowest BCUT2D eigenvalue weighted by Gasteiger charge is -2.36. The summed E-state index contributed by atoms with van der Waals surface area (Å²) >= 11 is 0. The van der Waals surface area contributed by atoms with E-state index in [9.17, 15) is 4.79 Å². The largest absolute Gasteiger partial charge is 0.388 e. The highest BCUT2D eigenvalue weighted by Crippen LogP contribution is 2.30. The van der Waals surface area contributed by atoms with Gasteiger partial charge in [-0.2, -0.15) is 4.98 Å². The second kappa shape index (κ2) is 8.85. The van der Waals surface area contributed by atoms with E-state index in [-0.39, 0.29) is 11.9 Å². The first kappa shape index (κ1) is 20.4. The van der Waals surface area contributed by atoms with E-state index in [2.05, 4.69) is 15.5 Å². The smallest absolute Gasteiger partial charge is 0.319 e. The predicted molar refractivity (Wildman–Crippen MR) is 116 cm³/mol.